The molecule has 0 aromatic carbocycles. The molecule has 1 heterocycles. The minimum Gasteiger partial charge on any atom is -0.392 e. The third kappa shape index (κ3) is 1.94. The molecule has 13 heavy (non-hydrogen) atoms. The lowest BCUT2D eigenvalue weighted by Crippen LogP contribution is -1.98. The van der Waals surface area contributed by atoms with E-state index in [0.29, 0.717) is 5.56 Å². The smallest absolute Gasteiger partial charge is 0.302 e. The minimum atomic E-state index is -0.566. The van der Waals surface area contributed by atoms with Gasteiger partial charge in [0, 0.05) is 11.7 Å². The van der Waals surface area contributed by atoms with Crippen LogP contribution in [0, 0.1) is 10.1 Å². The van der Waals surface area contributed by atoms with Crippen LogP contribution in [0.4, 0.5) is 11.4 Å². The van der Waals surface area contributed by atoms with Crippen LogP contribution in [0.3, 0.4) is 0 Å². The van der Waals surface area contributed by atoms with Gasteiger partial charge in [-0.2, -0.15) is 0 Å². The van der Waals surface area contributed by atoms with Crippen molar-refractivity contribution in [1.82, 2.24) is 4.98 Å². The fraction of sp³-hybridized carbons (Fsp3) is 0. The van der Waals surface area contributed by atoms with Crippen molar-refractivity contribution in [2.75, 3.05) is 5.73 Å². The average molecular weight is 200 g/mol. The number of nitro groups is 1. The van der Waals surface area contributed by atoms with E-state index in [1.807, 2.05) is 0 Å². The van der Waals surface area contributed by atoms with Crippen LogP contribution in [0.15, 0.2) is 17.9 Å². The van der Waals surface area contributed by atoms with Gasteiger partial charge in [0.1, 0.15) is 5.69 Å². The van der Waals surface area contributed by atoms with Gasteiger partial charge in [-0.25, -0.2) is 0 Å². The number of aromatic nitrogens is 1. The van der Waals surface area contributed by atoms with Crippen LogP contribution in [-0.2, 0) is 0 Å². The molecule has 1 rings (SSSR count). The summed E-state index contributed by atoms with van der Waals surface area (Å²) < 4.78 is 0. The minimum absolute atomic E-state index is 0.0252. The molecule has 1 aromatic rings. The number of hydrogen-bond acceptors (Lipinski definition) is 4. The van der Waals surface area contributed by atoms with Crippen molar-refractivity contribution >= 4 is 29.1 Å². The SMILES string of the molecule is Nc1cncc(C=CCl)c1[N+](=O)[O-]. The van der Waals surface area contributed by atoms with E-state index in [2.05, 4.69) is 4.98 Å². The van der Waals surface area contributed by atoms with Gasteiger partial charge in [0.15, 0.2) is 0 Å². The first-order chi connectivity index (χ1) is 6.16. The lowest BCUT2D eigenvalue weighted by atomic mass is 10.2. The highest BCUT2D eigenvalue weighted by atomic mass is 35.5. The molecule has 0 radical (unpaired) electrons. The standard InChI is InChI=1S/C7H6ClN3O2/c8-2-1-5-3-10-4-6(9)7(5)11(12)13/h1-4H,9H2. The zero-order valence-corrected chi connectivity index (χ0v) is 7.23. The van der Waals surface area contributed by atoms with E-state index in [-0.39, 0.29) is 11.4 Å². The molecular formula is C7H6ClN3O2. The average Bonchev–Trinajstić information content (AvgIpc) is 2.04. The lowest BCUT2D eigenvalue weighted by molar-refractivity contribution is -0.384. The number of halogens is 1. The number of rotatable bonds is 2. The summed E-state index contributed by atoms with van der Waals surface area (Å²) in [7, 11) is 0. The Balaban J connectivity index is 3.34. The summed E-state index contributed by atoms with van der Waals surface area (Å²) >= 11 is 5.29. The summed E-state index contributed by atoms with van der Waals surface area (Å²) in [5, 5.41) is 10.5. The second-order valence-electron chi connectivity index (χ2n) is 2.22. The Labute approximate surface area is 79.0 Å². The number of hydrogen-bond donors (Lipinski definition) is 1. The van der Waals surface area contributed by atoms with Gasteiger partial charge in [-0.15, -0.1) is 0 Å². The summed E-state index contributed by atoms with van der Waals surface area (Å²) in [6.45, 7) is 0. The van der Waals surface area contributed by atoms with E-state index in [1.54, 1.807) is 0 Å². The molecule has 0 aliphatic carbocycles. The van der Waals surface area contributed by atoms with Gasteiger partial charge in [-0.1, -0.05) is 11.6 Å². The first-order valence-corrected chi connectivity index (χ1v) is 3.75. The van der Waals surface area contributed by atoms with E-state index >= 15 is 0 Å². The first-order valence-electron chi connectivity index (χ1n) is 3.31. The van der Waals surface area contributed by atoms with Gasteiger partial charge in [-0.3, -0.25) is 15.1 Å². The first kappa shape index (κ1) is 9.47. The fourth-order valence-electron chi connectivity index (χ4n) is 0.887. The summed E-state index contributed by atoms with van der Waals surface area (Å²) in [5.74, 6) is 0. The molecule has 1 aromatic heterocycles. The zero-order chi connectivity index (χ0) is 9.84. The van der Waals surface area contributed by atoms with Crippen molar-refractivity contribution in [2.45, 2.75) is 0 Å². The fourth-order valence-corrected chi connectivity index (χ4v) is 1.02. The molecule has 0 saturated carbocycles. The van der Waals surface area contributed by atoms with E-state index < -0.39 is 4.92 Å². The highest BCUT2D eigenvalue weighted by Gasteiger charge is 2.15. The number of nitrogen functional groups attached to an aromatic ring is 1. The molecule has 0 atom stereocenters. The summed E-state index contributed by atoms with van der Waals surface area (Å²) in [6.07, 6.45) is 3.92. The maximum Gasteiger partial charge on any atom is 0.302 e. The molecule has 0 aliphatic rings. The van der Waals surface area contributed by atoms with Crippen LogP contribution in [0.2, 0.25) is 0 Å². The Morgan fingerprint density at radius 3 is 2.85 bits per heavy atom. The Morgan fingerprint density at radius 1 is 1.62 bits per heavy atom. The normalized spacial score (nSPS) is 10.5. The Morgan fingerprint density at radius 2 is 2.31 bits per heavy atom. The van der Waals surface area contributed by atoms with Crippen molar-refractivity contribution in [1.29, 1.82) is 0 Å². The summed E-state index contributed by atoms with van der Waals surface area (Å²) in [4.78, 5) is 13.7. The van der Waals surface area contributed by atoms with Crippen molar-refractivity contribution in [3.63, 3.8) is 0 Å². The molecule has 0 amide bonds. The molecule has 0 fully saturated rings. The van der Waals surface area contributed by atoms with Crippen molar-refractivity contribution in [2.24, 2.45) is 0 Å². The molecule has 0 spiro atoms. The van der Waals surface area contributed by atoms with E-state index in [4.69, 9.17) is 17.3 Å². The van der Waals surface area contributed by atoms with Gasteiger partial charge in [-0.05, 0) is 6.08 Å². The monoisotopic (exact) mass is 199 g/mol. The van der Waals surface area contributed by atoms with Crippen molar-refractivity contribution in [3.8, 4) is 0 Å². The van der Waals surface area contributed by atoms with Crippen molar-refractivity contribution < 1.29 is 4.92 Å². The third-order valence-corrected chi connectivity index (χ3v) is 1.53. The van der Waals surface area contributed by atoms with Crippen LogP contribution in [0.1, 0.15) is 5.56 Å². The maximum absolute atomic E-state index is 10.5. The molecule has 68 valence electrons. The van der Waals surface area contributed by atoms with Crippen molar-refractivity contribution in [3.05, 3.63) is 33.6 Å². The van der Waals surface area contributed by atoms with Crippen LogP contribution < -0.4 is 5.73 Å². The van der Waals surface area contributed by atoms with Crippen LogP contribution in [0.5, 0.6) is 0 Å². The Kier molecular flexibility index (Phi) is 2.81. The van der Waals surface area contributed by atoms with Crippen LogP contribution in [0.25, 0.3) is 6.08 Å². The second kappa shape index (κ2) is 3.86. The topological polar surface area (TPSA) is 82.0 Å². The van der Waals surface area contributed by atoms with E-state index in [9.17, 15) is 10.1 Å². The molecule has 0 bridgehead atoms. The van der Waals surface area contributed by atoms with Gasteiger partial charge in [0.25, 0.3) is 0 Å². The van der Waals surface area contributed by atoms with E-state index in [1.165, 1.54) is 24.0 Å². The summed E-state index contributed by atoms with van der Waals surface area (Å²) in [6, 6.07) is 0. The molecule has 5 nitrogen and oxygen atoms in total. The second-order valence-corrected chi connectivity index (χ2v) is 2.47. The number of pyridine rings is 1. The Hall–Kier alpha value is -1.62. The highest BCUT2D eigenvalue weighted by Crippen LogP contribution is 2.25. The van der Waals surface area contributed by atoms with Crippen LogP contribution >= 0.6 is 11.6 Å². The highest BCUT2D eigenvalue weighted by molar-refractivity contribution is 6.27. The van der Waals surface area contributed by atoms with Gasteiger partial charge in [0.2, 0.25) is 0 Å². The Bertz CT molecular complexity index is 365. The zero-order valence-electron chi connectivity index (χ0n) is 6.48. The molecule has 0 aliphatic heterocycles. The molecule has 0 unspecified atom stereocenters. The number of nitrogens with zero attached hydrogens (tertiary/aromatic N) is 2. The number of nitrogens with two attached hydrogens (primary N) is 1. The maximum atomic E-state index is 10.5. The number of anilines is 1. The molecule has 2 N–H and O–H groups in total. The largest absolute Gasteiger partial charge is 0.392 e. The van der Waals surface area contributed by atoms with E-state index in [0.717, 1.165) is 0 Å². The molecule has 0 saturated heterocycles. The van der Waals surface area contributed by atoms with Crippen LogP contribution in [-0.4, -0.2) is 9.91 Å². The predicted molar refractivity (Wildman–Crippen MR) is 50.2 cm³/mol. The quantitative estimate of drug-likeness (QED) is 0.581. The summed E-state index contributed by atoms with van der Waals surface area (Å²) in [5.41, 5.74) is 6.68. The molecular weight excluding hydrogens is 194 g/mol. The predicted octanol–water partition coefficient (Wildman–Crippen LogP) is 1.78. The van der Waals surface area contributed by atoms with Gasteiger partial charge >= 0.3 is 5.69 Å². The van der Waals surface area contributed by atoms with Gasteiger partial charge in [0.05, 0.1) is 16.7 Å². The van der Waals surface area contributed by atoms with Gasteiger partial charge < -0.3 is 5.73 Å². The lowest BCUT2D eigenvalue weighted by Gasteiger charge is -1.98. The molecule has 6 heteroatoms. The third-order valence-electron chi connectivity index (χ3n) is 1.40.